The van der Waals surface area contributed by atoms with Crippen LogP contribution in [-0.2, 0) is 0 Å². The Bertz CT molecular complexity index is 897. The van der Waals surface area contributed by atoms with Crippen molar-refractivity contribution in [3.8, 4) is 6.07 Å². The minimum atomic E-state index is -0.733. The molecule has 1 aliphatic rings. The van der Waals surface area contributed by atoms with E-state index in [1.807, 2.05) is 6.07 Å². The van der Waals surface area contributed by atoms with E-state index in [-0.39, 0.29) is 11.5 Å². The summed E-state index contributed by atoms with van der Waals surface area (Å²) in [5.74, 6) is -2.46. The number of hydrogen-bond donors (Lipinski definition) is 0. The predicted molar refractivity (Wildman–Crippen MR) is 90.5 cm³/mol. The monoisotopic (exact) mass is 354 g/mol. The van der Waals surface area contributed by atoms with Crippen LogP contribution in [0, 0.1) is 28.9 Å². The molecule has 0 N–H and O–H groups in total. The average molecular weight is 354 g/mol. The molecule has 132 valence electrons. The molecule has 0 saturated carbocycles. The third kappa shape index (κ3) is 3.62. The first-order chi connectivity index (χ1) is 12.5. The van der Waals surface area contributed by atoms with Crippen LogP contribution in [0.15, 0.2) is 42.5 Å². The number of carbonyl (C=O) groups is 2. The lowest BCUT2D eigenvalue weighted by Gasteiger charge is -2.31. The standard InChI is InChI=1S/C20H16F2N2O2/c21-16-4-5-18(22)17(11-16)19(25)14-6-8-24(9-7-14)20(26)15-3-1-2-13(10-15)12-23/h1-5,10-11,14H,6-9H2. The molecule has 1 amide bonds. The van der Waals surface area contributed by atoms with Crippen molar-refractivity contribution in [3.05, 3.63) is 70.8 Å². The maximum Gasteiger partial charge on any atom is 0.253 e. The first kappa shape index (κ1) is 17.7. The number of carbonyl (C=O) groups excluding carboxylic acids is 2. The minimum absolute atomic E-state index is 0.204. The smallest absolute Gasteiger partial charge is 0.253 e. The maximum atomic E-state index is 13.8. The summed E-state index contributed by atoms with van der Waals surface area (Å²) >= 11 is 0. The lowest BCUT2D eigenvalue weighted by atomic mass is 9.88. The molecule has 0 aromatic heterocycles. The summed E-state index contributed by atoms with van der Waals surface area (Å²) in [6.07, 6.45) is 0.775. The van der Waals surface area contributed by atoms with E-state index in [0.717, 1.165) is 18.2 Å². The number of rotatable bonds is 3. The fourth-order valence-corrected chi connectivity index (χ4v) is 3.16. The van der Waals surface area contributed by atoms with Gasteiger partial charge >= 0.3 is 0 Å². The first-order valence-electron chi connectivity index (χ1n) is 8.28. The number of piperidine rings is 1. The largest absolute Gasteiger partial charge is 0.339 e. The third-order valence-electron chi connectivity index (χ3n) is 4.59. The summed E-state index contributed by atoms with van der Waals surface area (Å²) in [6.45, 7) is 0.700. The van der Waals surface area contributed by atoms with Gasteiger partial charge in [-0.15, -0.1) is 0 Å². The molecule has 1 fully saturated rings. The van der Waals surface area contributed by atoms with Crippen LogP contribution in [-0.4, -0.2) is 29.7 Å². The number of nitriles is 1. The zero-order valence-corrected chi connectivity index (χ0v) is 13.9. The molecular formula is C20H16F2N2O2. The molecule has 26 heavy (non-hydrogen) atoms. The van der Waals surface area contributed by atoms with E-state index in [9.17, 15) is 18.4 Å². The molecule has 0 spiro atoms. The van der Waals surface area contributed by atoms with Gasteiger partial charge in [0.15, 0.2) is 5.78 Å². The molecule has 4 nitrogen and oxygen atoms in total. The van der Waals surface area contributed by atoms with Crippen LogP contribution >= 0.6 is 0 Å². The number of halogens is 2. The van der Waals surface area contributed by atoms with Crippen molar-refractivity contribution in [2.24, 2.45) is 5.92 Å². The number of benzene rings is 2. The van der Waals surface area contributed by atoms with Gasteiger partial charge in [-0.25, -0.2) is 8.78 Å². The Kier molecular flexibility index (Phi) is 5.08. The molecule has 6 heteroatoms. The van der Waals surface area contributed by atoms with Crippen LogP contribution in [0.3, 0.4) is 0 Å². The van der Waals surface area contributed by atoms with Gasteiger partial charge in [-0.05, 0) is 49.2 Å². The molecular weight excluding hydrogens is 338 g/mol. The molecule has 2 aromatic rings. The molecule has 1 aliphatic heterocycles. The fraction of sp³-hybridized carbons (Fsp3) is 0.250. The average Bonchev–Trinajstić information content (AvgIpc) is 2.69. The predicted octanol–water partition coefficient (Wildman–Crippen LogP) is 3.57. The van der Waals surface area contributed by atoms with Gasteiger partial charge in [-0.2, -0.15) is 5.26 Å². The number of amides is 1. The van der Waals surface area contributed by atoms with Crippen LogP contribution < -0.4 is 0 Å². The van der Waals surface area contributed by atoms with Gasteiger partial charge in [0.25, 0.3) is 5.91 Å². The van der Waals surface area contributed by atoms with E-state index >= 15 is 0 Å². The van der Waals surface area contributed by atoms with E-state index < -0.39 is 23.3 Å². The van der Waals surface area contributed by atoms with Gasteiger partial charge in [-0.3, -0.25) is 9.59 Å². The Hall–Kier alpha value is -3.07. The second kappa shape index (κ2) is 7.44. The highest BCUT2D eigenvalue weighted by Gasteiger charge is 2.29. The molecule has 1 heterocycles. The van der Waals surface area contributed by atoms with Crippen molar-refractivity contribution < 1.29 is 18.4 Å². The molecule has 2 aromatic carbocycles. The van der Waals surface area contributed by atoms with Crippen LogP contribution in [0.2, 0.25) is 0 Å². The van der Waals surface area contributed by atoms with Crippen molar-refractivity contribution in [1.29, 1.82) is 5.26 Å². The Morgan fingerprint density at radius 2 is 1.81 bits per heavy atom. The van der Waals surface area contributed by atoms with Crippen molar-refractivity contribution >= 4 is 11.7 Å². The van der Waals surface area contributed by atoms with Gasteiger partial charge < -0.3 is 4.90 Å². The van der Waals surface area contributed by atoms with Crippen molar-refractivity contribution in [3.63, 3.8) is 0 Å². The summed E-state index contributed by atoms with van der Waals surface area (Å²) < 4.78 is 27.1. The molecule has 0 radical (unpaired) electrons. The third-order valence-corrected chi connectivity index (χ3v) is 4.59. The topological polar surface area (TPSA) is 61.2 Å². The summed E-state index contributed by atoms with van der Waals surface area (Å²) in [7, 11) is 0. The first-order valence-corrected chi connectivity index (χ1v) is 8.28. The number of Topliss-reactive ketones (excluding diaryl/α,β-unsaturated/α-hetero) is 1. The number of ketones is 1. The molecule has 0 aliphatic carbocycles. The number of nitrogens with zero attached hydrogens (tertiary/aromatic N) is 2. The molecule has 0 atom stereocenters. The van der Waals surface area contributed by atoms with Crippen LogP contribution in [0.25, 0.3) is 0 Å². The van der Waals surface area contributed by atoms with E-state index in [0.29, 0.717) is 37.1 Å². The van der Waals surface area contributed by atoms with Crippen molar-refractivity contribution in [1.82, 2.24) is 4.90 Å². The summed E-state index contributed by atoms with van der Waals surface area (Å²) in [4.78, 5) is 26.6. The van der Waals surface area contributed by atoms with Gasteiger partial charge in [0.05, 0.1) is 17.2 Å². The lowest BCUT2D eigenvalue weighted by molar-refractivity contribution is 0.0649. The van der Waals surface area contributed by atoms with E-state index in [2.05, 4.69) is 0 Å². The highest BCUT2D eigenvalue weighted by Crippen LogP contribution is 2.24. The summed E-state index contributed by atoms with van der Waals surface area (Å²) in [6, 6.07) is 11.3. The molecule has 0 bridgehead atoms. The van der Waals surface area contributed by atoms with Crippen LogP contribution in [0.5, 0.6) is 0 Å². The van der Waals surface area contributed by atoms with Crippen LogP contribution in [0.4, 0.5) is 8.78 Å². The van der Waals surface area contributed by atoms with Crippen LogP contribution in [0.1, 0.15) is 39.1 Å². The number of likely N-dealkylation sites (tertiary alicyclic amines) is 1. The summed E-state index contributed by atoms with van der Waals surface area (Å²) in [5, 5.41) is 8.93. The molecule has 0 unspecified atom stereocenters. The second-order valence-electron chi connectivity index (χ2n) is 6.25. The van der Waals surface area contributed by atoms with E-state index in [1.54, 1.807) is 23.1 Å². The SMILES string of the molecule is N#Cc1cccc(C(=O)N2CCC(C(=O)c3cc(F)ccc3F)CC2)c1. The van der Waals surface area contributed by atoms with Crippen molar-refractivity contribution in [2.45, 2.75) is 12.8 Å². The zero-order chi connectivity index (χ0) is 18.7. The highest BCUT2D eigenvalue weighted by molar-refractivity contribution is 5.98. The van der Waals surface area contributed by atoms with Gasteiger partial charge in [0.2, 0.25) is 0 Å². The quantitative estimate of drug-likeness (QED) is 0.792. The number of hydrogen-bond acceptors (Lipinski definition) is 3. The van der Waals surface area contributed by atoms with E-state index in [1.165, 1.54) is 6.07 Å². The molecule has 3 rings (SSSR count). The normalized spacial score (nSPS) is 14.7. The highest BCUT2D eigenvalue weighted by atomic mass is 19.1. The van der Waals surface area contributed by atoms with Gasteiger partial charge in [0, 0.05) is 24.6 Å². The minimum Gasteiger partial charge on any atom is -0.339 e. The summed E-state index contributed by atoms with van der Waals surface area (Å²) in [5.41, 5.74) is 0.587. The Labute approximate surface area is 149 Å². The van der Waals surface area contributed by atoms with Gasteiger partial charge in [0.1, 0.15) is 11.6 Å². The Morgan fingerprint density at radius 1 is 1.08 bits per heavy atom. The lowest BCUT2D eigenvalue weighted by Crippen LogP contribution is -2.40. The second-order valence-corrected chi connectivity index (χ2v) is 6.25. The maximum absolute atomic E-state index is 13.8. The van der Waals surface area contributed by atoms with Gasteiger partial charge in [-0.1, -0.05) is 6.07 Å². The molecule has 1 saturated heterocycles. The Balaban J connectivity index is 1.67. The Morgan fingerprint density at radius 3 is 2.50 bits per heavy atom. The zero-order valence-electron chi connectivity index (χ0n) is 13.9. The van der Waals surface area contributed by atoms with E-state index in [4.69, 9.17) is 5.26 Å². The van der Waals surface area contributed by atoms with Crippen molar-refractivity contribution in [2.75, 3.05) is 13.1 Å². The fourth-order valence-electron chi connectivity index (χ4n) is 3.16.